The highest BCUT2D eigenvalue weighted by atomic mass is 127. The van der Waals surface area contributed by atoms with E-state index in [1.807, 2.05) is 61.3 Å². The Hall–Kier alpha value is -2.29. The zero-order chi connectivity index (χ0) is 19.5. The molecule has 7 heteroatoms. The summed E-state index contributed by atoms with van der Waals surface area (Å²) in [7, 11) is 3.66. The molecule has 0 aliphatic rings. The van der Waals surface area contributed by atoms with E-state index in [1.165, 1.54) is 0 Å². The molecule has 152 valence electrons. The van der Waals surface area contributed by atoms with E-state index >= 15 is 0 Å². The number of benzene rings is 2. The van der Waals surface area contributed by atoms with Crippen LogP contribution in [0.2, 0.25) is 0 Å². The summed E-state index contributed by atoms with van der Waals surface area (Å²) < 4.78 is 5.42. The molecule has 0 unspecified atom stereocenters. The van der Waals surface area contributed by atoms with Crippen LogP contribution in [-0.4, -0.2) is 50.6 Å². The fourth-order valence-electron chi connectivity index (χ4n) is 2.66. The highest BCUT2D eigenvalue weighted by molar-refractivity contribution is 14.0. The minimum Gasteiger partial charge on any atom is -0.496 e. The summed E-state index contributed by atoms with van der Waals surface area (Å²) in [6.45, 7) is 4.45. The van der Waals surface area contributed by atoms with Gasteiger partial charge >= 0.3 is 0 Å². The average molecular weight is 496 g/mol. The van der Waals surface area contributed by atoms with Crippen molar-refractivity contribution >= 4 is 35.8 Å². The largest absolute Gasteiger partial charge is 0.496 e. The summed E-state index contributed by atoms with van der Waals surface area (Å²) in [5.74, 6) is 1.56. The van der Waals surface area contributed by atoms with Crippen molar-refractivity contribution in [2.24, 2.45) is 4.99 Å². The van der Waals surface area contributed by atoms with E-state index in [4.69, 9.17) is 4.74 Å². The maximum Gasteiger partial charge on any atom is 0.251 e. The van der Waals surface area contributed by atoms with E-state index in [1.54, 1.807) is 19.2 Å². The van der Waals surface area contributed by atoms with Gasteiger partial charge in [-0.05, 0) is 25.1 Å². The molecule has 0 aliphatic carbocycles. The first kappa shape index (κ1) is 23.7. The van der Waals surface area contributed by atoms with Crippen LogP contribution in [0.3, 0.4) is 0 Å². The lowest BCUT2D eigenvalue weighted by Gasteiger charge is -2.23. The minimum atomic E-state index is -0.0850. The molecule has 2 aromatic carbocycles. The fraction of sp³-hybridized carbons (Fsp3) is 0.333. The van der Waals surface area contributed by atoms with Crippen molar-refractivity contribution < 1.29 is 9.53 Å². The lowest BCUT2D eigenvalue weighted by atomic mass is 10.2. The molecule has 0 heterocycles. The topological polar surface area (TPSA) is 66.0 Å². The number of rotatable bonds is 8. The molecule has 2 N–H and O–H groups in total. The van der Waals surface area contributed by atoms with Gasteiger partial charge in [-0.3, -0.25) is 9.79 Å². The summed E-state index contributed by atoms with van der Waals surface area (Å²) >= 11 is 0. The van der Waals surface area contributed by atoms with Gasteiger partial charge in [-0.2, -0.15) is 0 Å². The predicted octanol–water partition coefficient (Wildman–Crippen LogP) is 3.14. The van der Waals surface area contributed by atoms with Crippen LogP contribution in [0.1, 0.15) is 22.8 Å². The van der Waals surface area contributed by atoms with Crippen LogP contribution in [0.25, 0.3) is 0 Å². The Morgan fingerprint density at radius 1 is 1.07 bits per heavy atom. The summed E-state index contributed by atoms with van der Waals surface area (Å²) in [5.41, 5.74) is 1.74. The minimum absolute atomic E-state index is 0. The van der Waals surface area contributed by atoms with Crippen molar-refractivity contribution in [3.05, 3.63) is 65.7 Å². The van der Waals surface area contributed by atoms with Crippen LogP contribution in [-0.2, 0) is 6.54 Å². The first-order chi connectivity index (χ1) is 13.2. The van der Waals surface area contributed by atoms with Crippen LogP contribution in [0.15, 0.2) is 59.6 Å². The number of hydrogen-bond donors (Lipinski definition) is 2. The number of amides is 1. The molecule has 1 amide bonds. The Kier molecular flexibility index (Phi) is 11.0. The number of hydrogen-bond acceptors (Lipinski definition) is 3. The van der Waals surface area contributed by atoms with Crippen LogP contribution >= 0.6 is 24.0 Å². The Morgan fingerprint density at radius 3 is 2.43 bits per heavy atom. The zero-order valence-electron chi connectivity index (χ0n) is 16.6. The molecule has 0 atom stereocenters. The Morgan fingerprint density at radius 2 is 1.75 bits per heavy atom. The van der Waals surface area contributed by atoms with Crippen LogP contribution < -0.4 is 15.4 Å². The molecule has 0 fully saturated rings. The van der Waals surface area contributed by atoms with Gasteiger partial charge in [0.15, 0.2) is 5.96 Å². The summed E-state index contributed by atoms with van der Waals surface area (Å²) in [6, 6.07) is 17.1. The monoisotopic (exact) mass is 496 g/mol. The van der Waals surface area contributed by atoms with E-state index < -0.39 is 0 Å². The molecule has 2 aromatic rings. The number of ether oxygens (including phenoxy) is 1. The summed E-state index contributed by atoms with van der Waals surface area (Å²) in [6.07, 6.45) is 0. The smallest absolute Gasteiger partial charge is 0.251 e. The molecule has 0 saturated carbocycles. The highest BCUT2D eigenvalue weighted by Gasteiger charge is 2.10. The molecule has 2 rings (SSSR count). The van der Waals surface area contributed by atoms with Crippen LogP contribution in [0.4, 0.5) is 0 Å². The zero-order valence-corrected chi connectivity index (χ0v) is 19.0. The van der Waals surface area contributed by atoms with E-state index in [0.717, 1.165) is 23.8 Å². The average Bonchev–Trinajstić information content (AvgIpc) is 2.71. The van der Waals surface area contributed by atoms with E-state index in [0.29, 0.717) is 25.2 Å². The second kappa shape index (κ2) is 13.0. The summed E-state index contributed by atoms with van der Waals surface area (Å²) in [5, 5.41) is 6.17. The van der Waals surface area contributed by atoms with Gasteiger partial charge in [0.25, 0.3) is 5.91 Å². The Labute approximate surface area is 184 Å². The maximum absolute atomic E-state index is 12.1. The lowest BCUT2D eigenvalue weighted by molar-refractivity contribution is 0.0955. The molecule has 0 bridgehead atoms. The molecule has 6 nitrogen and oxygen atoms in total. The van der Waals surface area contributed by atoms with Gasteiger partial charge in [0, 0.05) is 37.8 Å². The van der Waals surface area contributed by atoms with Crippen molar-refractivity contribution in [1.29, 1.82) is 0 Å². The number of carbonyl (C=O) groups is 1. The van der Waals surface area contributed by atoms with Crippen molar-refractivity contribution in [3.63, 3.8) is 0 Å². The molecular weight excluding hydrogens is 467 g/mol. The van der Waals surface area contributed by atoms with E-state index in [9.17, 15) is 4.79 Å². The Bertz CT molecular complexity index is 753. The molecule has 28 heavy (non-hydrogen) atoms. The molecule has 0 spiro atoms. The standard InChI is InChI=1S/C21H28N4O2.HI/c1-4-22-21(25(2)16-18-12-8-9-13-19(18)27-3)24-15-14-23-20(26)17-10-6-5-7-11-17;/h5-13H,4,14-16H2,1-3H3,(H,22,24)(H,23,26);1H. The number of para-hydroxylation sites is 1. The van der Waals surface area contributed by atoms with Gasteiger partial charge in [0.05, 0.1) is 13.7 Å². The third-order valence-electron chi connectivity index (χ3n) is 3.99. The van der Waals surface area contributed by atoms with Gasteiger partial charge in [0.2, 0.25) is 0 Å². The van der Waals surface area contributed by atoms with Gasteiger partial charge in [-0.15, -0.1) is 24.0 Å². The van der Waals surface area contributed by atoms with Crippen molar-refractivity contribution in [2.75, 3.05) is 33.8 Å². The molecule has 0 saturated heterocycles. The van der Waals surface area contributed by atoms with Crippen molar-refractivity contribution in [2.45, 2.75) is 13.5 Å². The molecule has 0 radical (unpaired) electrons. The molecule has 0 aliphatic heterocycles. The number of aliphatic imine (C=N–C) groups is 1. The first-order valence-electron chi connectivity index (χ1n) is 9.10. The SMILES string of the molecule is CCNC(=NCCNC(=O)c1ccccc1)N(C)Cc1ccccc1OC.I. The quantitative estimate of drug-likeness (QED) is 0.255. The lowest BCUT2D eigenvalue weighted by Crippen LogP contribution is -2.39. The van der Waals surface area contributed by atoms with Crippen molar-refractivity contribution in [1.82, 2.24) is 15.5 Å². The second-order valence-electron chi connectivity index (χ2n) is 6.03. The summed E-state index contributed by atoms with van der Waals surface area (Å²) in [4.78, 5) is 18.7. The van der Waals surface area contributed by atoms with Crippen LogP contribution in [0.5, 0.6) is 5.75 Å². The number of carbonyl (C=O) groups excluding carboxylic acids is 1. The molecular formula is C21H29IN4O2. The number of methoxy groups -OCH3 is 1. The van der Waals surface area contributed by atoms with E-state index in [-0.39, 0.29) is 29.9 Å². The predicted molar refractivity (Wildman–Crippen MR) is 125 cm³/mol. The number of nitrogens with zero attached hydrogens (tertiary/aromatic N) is 2. The normalized spacial score (nSPS) is 10.6. The third kappa shape index (κ3) is 7.38. The van der Waals surface area contributed by atoms with Gasteiger partial charge in [-0.1, -0.05) is 36.4 Å². The second-order valence-corrected chi connectivity index (χ2v) is 6.03. The highest BCUT2D eigenvalue weighted by Crippen LogP contribution is 2.18. The number of nitrogens with one attached hydrogen (secondary N) is 2. The Balaban J connectivity index is 0.00000392. The maximum atomic E-state index is 12.1. The van der Waals surface area contributed by atoms with Gasteiger partial charge < -0.3 is 20.3 Å². The van der Waals surface area contributed by atoms with Crippen molar-refractivity contribution in [3.8, 4) is 5.75 Å². The number of halogens is 1. The van der Waals surface area contributed by atoms with Crippen LogP contribution in [0, 0.1) is 0 Å². The van der Waals surface area contributed by atoms with Gasteiger partial charge in [-0.25, -0.2) is 0 Å². The third-order valence-corrected chi connectivity index (χ3v) is 3.99. The van der Waals surface area contributed by atoms with E-state index in [2.05, 4.69) is 15.6 Å². The molecule has 0 aromatic heterocycles. The first-order valence-corrected chi connectivity index (χ1v) is 9.10. The fourth-order valence-corrected chi connectivity index (χ4v) is 2.66. The number of guanidine groups is 1. The van der Waals surface area contributed by atoms with Gasteiger partial charge in [0.1, 0.15) is 5.75 Å².